The first kappa shape index (κ1) is 34.0. The van der Waals surface area contributed by atoms with Gasteiger partial charge in [-0.2, -0.15) is 0 Å². The van der Waals surface area contributed by atoms with Crippen molar-refractivity contribution in [1.29, 1.82) is 0 Å². The first-order valence-electron chi connectivity index (χ1n) is 13.2. The van der Waals surface area contributed by atoms with E-state index in [9.17, 15) is 29.4 Å². The molecule has 0 fully saturated rings. The molecule has 0 saturated heterocycles. The quantitative estimate of drug-likeness (QED) is 0.299. The summed E-state index contributed by atoms with van der Waals surface area (Å²) in [6, 6.07) is 6.34. The third-order valence-electron chi connectivity index (χ3n) is 6.98. The fourth-order valence-corrected chi connectivity index (χ4v) is 4.85. The van der Waals surface area contributed by atoms with E-state index in [1.165, 1.54) is 21.1 Å². The Balaban J connectivity index is 3.11. The standard InChI is InChI=1S/C28H45N3O8/c1-9-18(4)24(21(38-8)15-22(33)34)30(6)23(17(2)3)26(35)29-27(36)25(19(5)32)31(7)28(37)39-16-20-13-11-10-12-14-20/h10-14,17-19,21,23-25,32H,9,15-16H2,1-8H3,(H,33,34)(H,29,35,36)/t18-,19+,21+,23-,24-,25-/m0/s1. The van der Waals surface area contributed by atoms with Gasteiger partial charge in [-0.3, -0.25) is 29.5 Å². The number of carboxylic acid groups (broad SMARTS) is 1. The summed E-state index contributed by atoms with van der Waals surface area (Å²) in [7, 11) is 4.46. The monoisotopic (exact) mass is 551 g/mol. The zero-order valence-corrected chi connectivity index (χ0v) is 24.3. The van der Waals surface area contributed by atoms with Crippen LogP contribution >= 0.6 is 0 Å². The Labute approximate surface area is 231 Å². The summed E-state index contributed by atoms with van der Waals surface area (Å²) in [5.74, 6) is -2.81. The molecule has 1 aromatic rings. The number of aliphatic hydroxyl groups is 1. The zero-order chi connectivity index (χ0) is 29.9. The number of nitrogens with one attached hydrogen (secondary N) is 1. The van der Waals surface area contributed by atoms with E-state index in [1.807, 2.05) is 33.8 Å². The molecule has 39 heavy (non-hydrogen) atoms. The summed E-state index contributed by atoms with van der Waals surface area (Å²) in [5, 5.41) is 22.1. The molecule has 3 amide bonds. The van der Waals surface area contributed by atoms with Gasteiger partial charge in [0.05, 0.1) is 24.7 Å². The Morgan fingerprint density at radius 2 is 1.54 bits per heavy atom. The van der Waals surface area contributed by atoms with E-state index >= 15 is 0 Å². The summed E-state index contributed by atoms with van der Waals surface area (Å²) < 4.78 is 10.8. The van der Waals surface area contributed by atoms with Crippen molar-refractivity contribution in [3.05, 3.63) is 35.9 Å². The van der Waals surface area contributed by atoms with Crippen LogP contribution in [-0.4, -0.2) is 95.4 Å². The van der Waals surface area contributed by atoms with Crippen LogP contribution in [0, 0.1) is 11.8 Å². The SMILES string of the molecule is CC[C@H](C)[C@@H]([C@@H](CC(=O)O)OC)N(C)[C@H](C(=O)NC(=O)[C@H]([C@@H](C)O)N(C)C(=O)OCc1ccccc1)C(C)C. The van der Waals surface area contributed by atoms with Gasteiger partial charge in [-0.05, 0) is 31.4 Å². The lowest BCUT2D eigenvalue weighted by Crippen LogP contribution is -2.60. The average molecular weight is 552 g/mol. The van der Waals surface area contributed by atoms with Crippen LogP contribution < -0.4 is 5.32 Å². The highest BCUT2D eigenvalue weighted by atomic mass is 16.6. The minimum atomic E-state index is -1.39. The van der Waals surface area contributed by atoms with E-state index in [-0.39, 0.29) is 24.9 Å². The minimum absolute atomic E-state index is 0.0225. The highest BCUT2D eigenvalue weighted by Gasteiger charge is 2.40. The van der Waals surface area contributed by atoms with Crippen molar-refractivity contribution < 1.29 is 38.9 Å². The minimum Gasteiger partial charge on any atom is -0.481 e. The van der Waals surface area contributed by atoms with Gasteiger partial charge in [-0.1, -0.05) is 64.4 Å². The summed E-state index contributed by atoms with van der Waals surface area (Å²) >= 11 is 0. The number of aliphatic hydroxyl groups excluding tert-OH is 1. The lowest BCUT2D eigenvalue weighted by Gasteiger charge is -2.42. The maximum absolute atomic E-state index is 13.5. The number of imide groups is 1. The number of ether oxygens (including phenoxy) is 2. The van der Waals surface area contributed by atoms with E-state index in [0.717, 1.165) is 10.5 Å². The second-order valence-electron chi connectivity index (χ2n) is 10.3. The summed E-state index contributed by atoms with van der Waals surface area (Å²) in [5.41, 5.74) is 0.753. The van der Waals surface area contributed by atoms with Crippen LogP contribution in [-0.2, 0) is 30.5 Å². The Kier molecular flexibility index (Phi) is 14.1. The molecule has 0 heterocycles. The highest BCUT2D eigenvalue weighted by Crippen LogP contribution is 2.25. The smallest absolute Gasteiger partial charge is 0.410 e. The molecular weight excluding hydrogens is 506 g/mol. The van der Waals surface area contributed by atoms with Gasteiger partial charge in [0.25, 0.3) is 5.91 Å². The second kappa shape index (κ2) is 16.2. The number of nitrogens with zero attached hydrogens (tertiary/aromatic N) is 2. The van der Waals surface area contributed by atoms with Crippen molar-refractivity contribution in [2.45, 2.75) is 84.4 Å². The molecule has 1 aromatic carbocycles. The largest absolute Gasteiger partial charge is 0.481 e. The lowest BCUT2D eigenvalue weighted by molar-refractivity contribution is -0.143. The molecule has 220 valence electrons. The van der Waals surface area contributed by atoms with Crippen LogP contribution in [0.4, 0.5) is 4.79 Å². The van der Waals surface area contributed by atoms with Gasteiger partial charge in [0.2, 0.25) is 5.91 Å². The number of likely N-dealkylation sites (N-methyl/N-ethyl adjacent to an activating group) is 2. The van der Waals surface area contributed by atoms with Crippen LogP contribution in [0.3, 0.4) is 0 Å². The molecule has 0 radical (unpaired) electrons. The van der Waals surface area contributed by atoms with Crippen molar-refractivity contribution in [2.75, 3.05) is 21.2 Å². The molecule has 0 aliphatic rings. The average Bonchev–Trinajstić information content (AvgIpc) is 2.86. The molecule has 0 spiro atoms. The molecule has 0 bridgehead atoms. The number of methoxy groups -OCH3 is 1. The van der Waals surface area contributed by atoms with Gasteiger partial charge >= 0.3 is 12.1 Å². The summed E-state index contributed by atoms with van der Waals surface area (Å²) in [6.07, 6.45) is -2.37. The van der Waals surface area contributed by atoms with Gasteiger partial charge in [-0.15, -0.1) is 0 Å². The van der Waals surface area contributed by atoms with Crippen molar-refractivity contribution >= 4 is 23.9 Å². The van der Waals surface area contributed by atoms with Crippen LogP contribution in [0.1, 0.15) is 53.0 Å². The molecule has 0 saturated carbocycles. The zero-order valence-electron chi connectivity index (χ0n) is 24.3. The van der Waals surface area contributed by atoms with Gasteiger partial charge in [0.1, 0.15) is 12.6 Å². The predicted octanol–water partition coefficient (Wildman–Crippen LogP) is 2.51. The van der Waals surface area contributed by atoms with Crippen LogP contribution in [0.5, 0.6) is 0 Å². The lowest BCUT2D eigenvalue weighted by atomic mass is 9.88. The normalized spacial score (nSPS) is 16.1. The first-order valence-corrected chi connectivity index (χ1v) is 13.2. The molecule has 0 aromatic heterocycles. The number of carbonyl (C=O) groups excluding carboxylic acids is 3. The van der Waals surface area contributed by atoms with E-state index in [1.54, 1.807) is 36.2 Å². The molecule has 0 aliphatic carbocycles. The number of aliphatic carboxylic acids is 1. The number of rotatable bonds is 15. The molecule has 6 atom stereocenters. The Morgan fingerprint density at radius 1 is 0.974 bits per heavy atom. The molecule has 0 aliphatic heterocycles. The summed E-state index contributed by atoms with van der Waals surface area (Å²) in [6.45, 7) is 8.87. The number of benzene rings is 1. The van der Waals surface area contributed by atoms with Gasteiger partial charge < -0.3 is 19.7 Å². The van der Waals surface area contributed by atoms with Gasteiger partial charge in [0, 0.05) is 20.2 Å². The van der Waals surface area contributed by atoms with Gasteiger partial charge in [0.15, 0.2) is 0 Å². The van der Waals surface area contributed by atoms with Gasteiger partial charge in [-0.25, -0.2) is 4.79 Å². The van der Waals surface area contributed by atoms with Crippen molar-refractivity contribution in [3.8, 4) is 0 Å². The van der Waals surface area contributed by atoms with Crippen LogP contribution in [0.25, 0.3) is 0 Å². The number of amides is 3. The Hall–Kier alpha value is -3.02. The van der Waals surface area contributed by atoms with E-state index < -0.39 is 54.2 Å². The fourth-order valence-electron chi connectivity index (χ4n) is 4.85. The molecule has 11 nitrogen and oxygen atoms in total. The highest BCUT2D eigenvalue weighted by molar-refractivity contribution is 6.01. The Morgan fingerprint density at radius 3 is 2.00 bits per heavy atom. The number of hydrogen-bond donors (Lipinski definition) is 3. The van der Waals surface area contributed by atoms with Crippen LogP contribution in [0.15, 0.2) is 30.3 Å². The number of carbonyl (C=O) groups is 4. The third-order valence-corrected chi connectivity index (χ3v) is 6.98. The van der Waals surface area contributed by atoms with E-state index in [4.69, 9.17) is 9.47 Å². The topological polar surface area (TPSA) is 146 Å². The molecular formula is C28H45N3O8. The van der Waals surface area contributed by atoms with Crippen molar-refractivity contribution in [1.82, 2.24) is 15.1 Å². The Bertz CT molecular complexity index is 940. The predicted molar refractivity (Wildman–Crippen MR) is 146 cm³/mol. The van der Waals surface area contributed by atoms with E-state index in [2.05, 4.69) is 5.32 Å². The second-order valence-corrected chi connectivity index (χ2v) is 10.3. The van der Waals surface area contributed by atoms with Crippen LogP contribution in [0.2, 0.25) is 0 Å². The molecule has 11 heteroatoms. The number of hydrogen-bond acceptors (Lipinski definition) is 8. The molecule has 1 rings (SSSR count). The van der Waals surface area contributed by atoms with Crippen molar-refractivity contribution in [3.63, 3.8) is 0 Å². The van der Waals surface area contributed by atoms with E-state index in [0.29, 0.717) is 6.42 Å². The maximum Gasteiger partial charge on any atom is 0.410 e. The third kappa shape index (κ3) is 9.90. The fraction of sp³-hybridized carbons (Fsp3) is 0.643. The molecule has 0 unspecified atom stereocenters. The summed E-state index contributed by atoms with van der Waals surface area (Å²) in [4.78, 5) is 53.5. The first-order chi connectivity index (χ1) is 18.3. The van der Waals surface area contributed by atoms with Crippen molar-refractivity contribution in [2.24, 2.45) is 11.8 Å². The number of carboxylic acids is 1. The molecule has 3 N–H and O–H groups in total. The maximum atomic E-state index is 13.5.